The highest BCUT2D eigenvalue weighted by atomic mass is 32.2. The van der Waals surface area contributed by atoms with Gasteiger partial charge in [-0.1, -0.05) is 42.5 Å². The Kier molecular flexibility index (Phi) is 5.80. The summed E-state index contributed by atoms with van der Waals surface area (Å²) >= 11 is 0. The molecule has 0 bridgehead atoms. The van der Waals surface area contributed by atoms with Crippen molar-refractivity contribution in [1.82, 2.24) is 9.29 Å². The number of H-pyrrole nitrogens is 1. The van der Waals surface area contributed by atoms with E-state index in [0.717, 1.165) is 15.9 Å². The van der Waals surface area contributed by atoms with E-state index >= 15 is 0 Å². The number of nitrogens with one attached hydrogen (secondary N) is 1. The van der Waals surface area contributed by atoms with Gasteiger partial charge in [-0.15, -0.1) is 0 Å². The fraction of sp³-hybridized carbons (Fsp3) is 0.160. The van der Waals surface area contributed by atoms with E-state index in [1.807, 2.05) is 30.3 Å². The number of nitrogens with zero attached hydrogens (tertiary/aromatic N) is 1. The van der Waals surface area contributed by atoms with E-state index in [9.17, 15) is 17.6 Å². The molecule has 3 aromatic carbocycles. The lowest BCUT2D eigenvalue weighted by Crippen LogP contribution is -2.35. The predicted molar refractivity (Wildman–Crippen MR) is 125 cm³/mol. The van der Waals surface area contributed by atoms with Crippen molar-refractivity contribution < 1.29 is 22.3 Å². The van der Waals surface area contributed by atoms with Crippen molar-refractivity contribution in [2.24, 2.45) is 0 Å². The smallest absolute Gasteiger partial charge is 0.252 e. The normalized spacial score (nSPS) is 13.0. The quantitative estimate of drug-likeness (QED) is 0.434. The van der Waals surface area contributed by atoms with Gasteiger partial charge in [0, 0.05) is 30.1 Å². The first-order valence-electron chi connectivity index (χ1n) is 10.7. The molecule has 0 aliphatic carbocycles. The fourth-order valence-electron chi connectivity index (χ4n) is 3.92. The van der Waals surface area contributed by atoms with Crippen molar-refractivity contribution in [2.45, 2.75) is 17.9 Å². The summed E-state index contributed by atoms with van der Waals surface area (Å²) in [5.41, 5.74) is 1.28. The van der Waals surface area contributed by atoms with E-state index in [2.05, 4.69) is 4.98 Å². The van der Waals surface area contributed by atoms with Gasteiger partial charge in [-0.25, -0.2) is 12.8 Å². The lowest BCUT2D eigenvalue weighted by atomic mass is 10.1. The maximum absolute atomic E-state index is 14.5. The number of rotatable bonds is 7. The minimum atomic E-state index is -4.22. The van der Waals surface area contributed by atoms with Crippen LogP contribution in [0.25, 0.3) is 10.9 Å². The van der Waals surface area contributed by atoms with Crippen LogP contribution in [0.1, 0.15) is 11.1 Å². The van der Waals surface area contributed by atoms with Crippen molar-refractivity contribution >= 4 is 20.9 Å². The van der Waals surface area contributed by atoms with E-state index in [-0.39, 0.29) is 25.4 Å². The summed E-state index contributed by atoms with van der Waals surface area (Å²) in [7, 11) is -4.22. The molecule has 7 nitrogen and oxygen atoms in total. The van der Waals surface area contributed by atoms with Crippen LogP contribution in [-0.4, -0.2) is 31.0 Å². The largest absolute Gasteiger partial charge is 0.454 e. The standard InChI is InChI=1S/C25H21FN2O5S/c26-20-8-4-5-9-24(20)34(30,31)28(11-10-17-6-2-1-3-7-17)15-19-12-18-13-22-23(33-16-32-22)14-21(18)27-25(19)29/h1-9,12-14H,10-11,15-16H2,(H,27,29). The summed E-state index contributed by atoms with van der Waals surface area (Å²) in [5.74, 6) is 0.236. The summed E-state index contributed by atoms with van der Waals surface area (Å²) in [4.78, 5) is 15.2. The first-order chi connectivity index (χ1) is 16.4. The van der Waals surface area contributed by atoms with Gasteiger partial charge >= 0.3 is 0 Å². The van der Waals surface area contributed by atoms with Crippen molar-refractivity contribution in [3.05, 3.63) is 100 Å². The molecule has 0 radical (unpaired) electrons. The number of pyridine rings is 1. The summed E-state index contributed by atoms with van der Waals surface area (Å²) in [6, 6.07) is 19.6. The first-order valence-corrected chi connectivity index (χ1v) is 12.1. The number of sulfonamides is 1. The predicted octanol–water partition coefficient (Wildman–Crippen LogP) is 3.83. The Hall–Kier alpha value is -3.69. The minimum Gasteiger partial charge on any atom is -0.454 e. The molecular weight excluding hydrogens is 459 g/mol. The fourth-order valence-corrected chi connectivity index (χ4v) is 5.41. The summed E-state index contributed by atoms with van der Waals surface area (Å²) in [5, 5.41) is 0.671. The van der Waals surface area contributed by atoms with Gasteiger partial charge in [0.25, 0.3) is 5.56 Å². The van der Waals surface area contributed by atoms with Crippen LogP contribution in [0, 0.1) is 5.82 Å². The topological polar surface area (TPSA) is 88.7 Å². The molecule has 0 atom stereocenters. The van der Waals surface area contributed by atoms with Gasteiger partial charge in [-0.05, 0) is 36.2 Å². The summed E-state index contributed by atoms with van der Waals surface area (Å²) in [6.45, 7) is -0.0561. The second-order valence-electron chi connectivity index (χ2n) is 7.92. The highest BCUT2D eigenvalue weighted by Crippen LogP contribution is 2.35. The molecule has 0 saturated carbocycles. The molecule has 174 valence electrons. The van der Waals surface area contributed by atoms with Crippen LogP contribution in [0.4, 0.5) is 4.39 Å². The molecule has 1 N–H and O–H groups in total. The van der Waals surface area contributed by atoms with Crippen LogP contribution in [-0.2, 0) is 23.0 Å². The third-order valence-corrected chi connectivity index (χ3v) is 7.59. The zero-order chi connectivity index (χ0) is 23.7. The molecule has 0 fully saturated rings. The Bertz CT molecular complexity index is 1520. The molecule has 4 aromatic rings. The molecule has 0 amide bonds. The van der Waals surface area contributed by atoms with Gasteiger partial charge in [-0.3, -0.25) is 4.79 Å². The number of hydrogen-bond donors (Lipinski definition) is 1. The van der Waals surface area contributed by atoms with Gasteiger partial charge in [0.05, 0.1) is 5.52 Å². The summed E-state index contributed by atoms with van der Waals surface area (Å²) < 4.78 is 53.3. The molecule has 1 aromatic heterocycles. The Morgan fingerprint density at radius 2 is 1.65 bits per heavy atom. The maximum Gasteiger partial charge on any atom is 0.252 e. The number of ether oxygens (including phenoxy) is 2. The Morgan fingerprint density at radius 3 is 2.41 bits per heavy atom. The zero-order valence-corrected chi connectivity index (χ0v) is 18.8. The van der Waals surface area contributed by atoms with E-state index < -0.39 is 26.3 Å². The minimum absolute atomic E-state index is 0.0687. The van der Waals surface area contributed by atoms with E-state index in [1.165, 1.54) is 18.2 Å². The second-order valence-corrected chi connectivity index (χ2v) is 9.83. The van der Waals surface area contributed by atoms with Gasteiger partial charge in [-0.2, -0.15) is 4.31 Å². The molecule has 5 rings (SSSR count). The average molecular weight is 481 g/mol. The second kappa shape index (κ2) is 8.92. The van der Waals surface area contributed by atoms with Crippen LogP contribution < -0.4 is 15.0 Å². The number of aromatic nitrogens is 1. The molecule has 2 heterocycles. The molecule has 1 aliphatic rings. The van der Waals surface area contributed by atoms with Crippen molar-refractivity contribution in [3.8, 4) is 11.5 Å². The first kappa shape index (κ1) is 22.1. The van der Waals surface area contributed by atoms with E-state index in [4.69, 9.17) is 9.47 Å². The van der Waals surface area contributed by atoms with Gasteiger partial charge < -0.3 is 14.5 Å². The lowest BCUT2D eigenvalue weighted by Gasteiger charge is -2.22. The molecular formula is C25H21FN2O5S. The Morgan fingerprint density at radius 1 is 0.941 bits per heavy atom. The van der Waals surface area contributed by atoms with E-state index in [1.54, 1.807) is 18.2 Å². The highest BCUT2D eigenvalue weighted by Gasteiger charge is 2.28. The zero-order valence-electron chi connectivity index (χ0n) is 18.0. The van der Waals surface area contributed by atoms with Gasteiger partial charge in [0.2, 0.25) is 16.8 Å². The molecule has 34 heavy (non-hydrogen) atoms. The number of fused-ring (bicyclic) bond motifs is 2. The number of benzene rings is 3. The van der Waals surface area contributed by atoms with Crippen LogP contribution in [0.15, 0.2) is 82.5 Å². The van der Waals surface area contributed by atoms with Crippen LogP contribution in [0.3, 0.4) is 0 Å². The van der Waals surface area contributed by atoms with Crippen molar-refractivity contribution in [1.29, 1.82) is 0 Å². The molecule has 0 unspecified atom stereocenters. The molecule has 0 saturated heterocycles. The van der Waals surface area contributed by atoms with Crippen LogP contribution >= 0.6 is 0 Å². The van der Waals surface area contributed by atoms with Gasteiger partial charge in [0.15, 0.2) is 11.5 Å². The third-order valence-electron chi connectivity index (χ3n) is 5.71. The number of aromatic amines is 1. The Balaban J connectivity index is 1.53. The van der Waals surface area contributed by atoms with Crippen LogP contribution in [0.2, 0.25) is 0 Å². The maximum atomic E-state index is 14.5. The SMILES string of the molecule is O=c1[nH]c2cc3c(cc2cc1CN(CCc1ccccc1)S(=O)(=O)c1ccccc1F)OCO3. The van der Waals surface area contributed by atoms with E-state index in [0.29, 0.717) is 28.8 Å². The van der Waals surface area contributed by atoms with Gasteiger partial charge in [0.1, 0.15) is 10.7 Å². The molecule has 1 aliphatic heterocycles. The monoisotopic (exact) mass is 480 g/mol. The average Bonchev–Trinajstić information content (AvgIpc) is 3.28. The number of hydrogen-bond acceptors (Lipinski definition) is 5. The molecule has 9 heteroatoms. The van der Waals surface area contributed by atoms with Crippen LogP contribution in [0.5, 0.6) is 11.5 Å². The lowest BCUT2D eigenvalue weighted by molar-refractivity contribution is 0.174. The molecule has 0 spiro atoms. The Labute approximate surface area is 195 Å². The van der Waals surface area contributed by atoms with Crippen molar-refractivity contribution in [3.63, 3.8) is 0 Å². The van der Waals surface area contributed by atoms with Crippen molar-refractivity contribution in [2.75, 3.05) is 13.3 Å². The number of halogens is 1. The summed E-state index contributed by atoms with van der Waals surface area (Å²) in [6.07, 6.45) is 0.401. The third kappa shape index (κ3) is 4.27. The highest BCUT2D eigenvalue weighted by molar-refractivity contribution is 7.89.